The van der Waals surface area contributed by atoms with Crippen LogP contribution in [0, 0.1) is 180 Å². The Bertz CT molecular complexity index is 3470. The lowest BCUT2D eigenvalue weighted by atomic mass is 9.72. The molecule has 0 amide bonds. The van der Waals surface area contributed by atoms with Crippen LogP contribution in [0.1, 0.15) is 145 Å². The quantitative estimate of drug-likeness (QED) is 0.155. The van der Waals surface area contributed by atoms with E-state index in [1.54, 1.807) is 0 Å². The molecule has 342 valence electrons. The maximum absolute atomic E-state index is 2.44. The average Bonchev–Trinajstić information content (AvgIpc) is 3.28. The summed E-state index contributed by atoms with van der Waals surface area (Å²) in [5, 5.41) is 11.5. The van der Waals surface area contributed by atoms with Gasteiger partial charge in [0, 0.05) is 0 Å². The van der Waals surface area contributed by atoms with E-state index in [-0.39, 0.29) is 0 Å². The molecule has 8 rings (SSSR count). The van der Waals surface area contributed by atoms with Gasteiger partial charge in [0.05, 0.1) is 0 Å². The van der Waals surface area contributed by atoms with Crippen LogP contribution in [0.3, 0.4) is 0 Å². The molecule has 0 N–H and O–H groups in total. The van der Waals surface area contributed by atoms with Crippen molar-refractivity contribution >= 4 is 43.1 Å². The van der Waals surface area contributed by atoms with Crippen molar-refractivity contribution in [2.24, 2.45) is 0 Å². The van der Waals surface area contributed by atoms with Gasteiger partial charge >= 0.3 is 0 Å². The highest BCUT2D eigenvalue weighted by atomic mass is 14.4. The Morgan fingerprint density at radius 1 is 0.0909 bits per heavy atom. The molecule has 8 aromatic carbocycles. The smallest absolute Gasteiger partial charge is 0.00115 e. The Hall–Kier alpha value is -5.20. The number of rotatable bonds is 3. The minimum absolute atomic E-state index is 1.39. The Balaban J connectivity index is 1.68. The molecule has 66 heavy (non-hydrogen) atoms. The lowest BCUT2D eigenvalue weighted by Crippen LogP contribution is -2.09. The van der Waals surface area contributed by atoms with Crippen molar-refractivity contribution in [3.63, 3.8) is 0 Å². The molecule has 0 fully saturated rings. The predicted octanol–water partition coefficient (Wildman–Crippen LogP) is 19.3. The third-order valence-corrected chi connectivity index (χ3v) is 19.3. The minimum atomic E-state index is 1.39. The molecule has 0 aromatic heterocycles. The molecule has 0 heterocycles. The highest BCUT2D eigenvalue weighted by Crippen LogP contribution is 2.56. The number of benzene rings is 8. The van der Waals surface area contributed by atoms with Gasteiger partial charge in [-0.05, 0) is 401 Å². The molecule has 0 bridgehead atoms. The zero-order chi connectivity index (χ0) is 49.1. The van der Waals surface area contributed by atoms with Gasteiger partial charge < -0.3 is 0 Å². The topological polar surface area (TPSA) is 0 Å². The second kappa shape index (κ2) is 15.7. The molecule has 0 unspecified atom stereocenters. The molecule has 0 nitrogen and oxygen atoms in total. The van der Waals surface area contributed by atoms with Crippen molar-refractivity contribution in [1.82, 2.24) is 0 Å². The van der Waals surface area contributed by atoms with Gasteiger partial charge in [0.15, 0.2) is 0 Å². The van der Waals surface area contributed by atoms with Gasteiger partial charge in [-0.2, -0.15) is 0 Å². The van der Waals surface area contributed by atoms with E-state index in [2.05, 4.69) is 180 Å². The molecule has 0 heteroatoms. The second-order valence-corrected chi connectivity index (χ2v) is 21.5. The fourth-order valence-corrected chi connectivity index (χ4v) is 13.3. The lowest BCUT2D eigenvalue weighted by Gasteiger charge is -2.31. The van der Waals surface area contributed by atoms with Crippen LogP contribution in [-0.4, -0.2) is 0 Å². The van der Waals surface area contributed by atoms with E-state index >= 15 is 0 Å². The largest absolute Gasteiger partial charge is 0.0444 e. The fraction of sp³-hybridized carbons (Fsp3) is 0.394. The fourth-order valence-electron chi connectivity index (χ4n) is 13.3. The first-order valence-electron chi connectivity index (χ1n) is 24.8. The summed E-state index contributed by atoms with van der Waals surface area (Å²) in [4.78, 5) is 0. The van der Waals surface area contributed by atoms with E-state index in [4.69, 9.17) is 0 Å². The van der Waals surface area contributed by atoms with E-state index in [1.165, 1.54) is 221 Å². The van der Waals surface area contributed by atoms with Gasteiger partial charge in [0.2, 0.25) is 0 Å². The number of hydrogen-bond acceptors (Lipinski definition) is 0. The summed E-state index contributed by atoms with van der Waals surface area (Å²) in [5.74, 6) is 0. The van der Waals surface area contributed by atoms with Crippen molar-refractivity contribution in [3.8, 4) is 33.4 Å². The molecule has 0 spiro atoms. The summed E-state index contributed by atoms with van der Waals surface area (Å²) >= 11 is 0. The number of aryl methyl sites for hydroxylation is 11. The first kappa shape index (κ1) is 47.3. The van der Waals surface area contributed by atoms with Gasteiger partial charge in [0.25, 0.3) is 0 Å². The Kier molecular flexibility index (Phi) is 11.2. The Labute approximate surface area is 399 Å². The summed E-state index contributed by atoms with van der Waals surface area (Å²) in [6, 6.07) is 0. The van der Waals surface area contributed by atoms with Gasteiger partial charge in [-0.15, -0.1) is 0 Å². The molecule has 0 aliphatic carbocycles. The highest BCUT2D eigenvalue weighted by molar-refractivity contribution is 6.28. The van der Waals surface area contributed by atoms with Crippen LogP contribution in [0.15, 0.2) is 0 Å². The van der Waals surface area contributed by atoms with Crippen molar-refractivity contribution in [1.29, 1.82) is 0 Å². The van der Waals surface area contributed by atoms with E-state index in [0.29, 0.717) is 0 Å². The zero-order valence-electron chi connectivity index (χ0n) is 46.0. The summed E-state index contributed by atoms with van der Waals surface area (Å²) in [6.45, 7) is 62.0. The highest BCUT2D eigenvalue weighted by Gasteiger charge is 2.32. The van der Waals surface area contributed by atoms with Crippen LogP contribution in [0.2, 0.25) is 0 Å². The molecule has 0 saturated heterocycles. The third-order valence-electron chi connectivity index (χ3n) is 19.3. The normalized spacial score (nSPS) is 12.1. The van der Waals surface area contributed by atoms with Crippen LogP contribution in [-0.2, 0) is 0 Å². The van der Waals surface area contributed by atoms with Crippen LogP contribution in [0.25, 0.3) is 76.5 Å². The molecular formula is C66H78. The Morgan fingerprint density at radius 2 is 0.227 bits per heavy atom. The molecule has 0 radical (unpaired) electrons. The van der Waals surface area contributed by atoms with Gasteiger partial charge in [-0.3, -0.25) is 0 Å². The monoisotopic (exact) mass is 871 g/mol. The predicted molar refractivity (Wildman–Crippen MR) is 296 cm³/mol. The van der Waals surface area contributed by atoms with Gasteiger partial charge in [0.1, 0.15) is 0 Å². The molecule has 0 aliphatic rings. The van der Waals surface area contributed by atoms with E-state index < -0.39 is 0 Å². The second-order valence-electron chi connectivity index (χ2n) is 21.5. The zero-order valence-corrected chi connectivity index (χ0v) is 46.0. The maximum atomic E-state index is 2.44. The molecule has 8 aromatic rings. The van der Waals surface area contributed by atoms with E-state index in [1.807, 2.05) is 0 Å². The summed E-state index contributed by atoms with van der Waals surface area (Å²) in [5.41, 5.74) is 45.1. The van der Waals surface area contributed by atoms with Gasteiger partial charge in [-0.25, -0.2) is 0 Å². The minimum Gasteiger partial charge on any atom is -0.0444 e. The first-order valence-corrected chi connectivity index (χ1v) is 24.8. The van der Waals surface area contributed by atoms with Crippen molar-refractivity contribution < 1.29 is 0 Å². The SMILES string of the molecule is Cc1c(C)c(-c2c3c(C)c(C)c(C)c(C)c3c(-c3c(C)c(C)c(C)c4c(C)c(C)c(C)c(C)c34)c3c(C)c(C)c(C)c(C)c23)c(C)c(C)c1-c1c(C)c(C)c2c(C)c(C)c(C)c(C)c2c1C. The standard InChI is InChI=1S/C66H78/c1-27-28(2)38(12)57-52(26)58(51(25)48(22)53(57)36(27)10)54-46(20)49(23)56(50(24)47(54)21)65-61-41(15)31(5)33(7)43(17)63(61)66(64-44(18)34(8)32(6)42(16)62(64)65)60-45(19)35(9)39(13)55-37(11)29(3)30(4)40(14)59(55)60/h1-26H3. The van der Waals surface area contributed by atoms with E-state index in [9.17, 15) is 0 Å². The first-order chi connectivity index (χ1) is 30.7. The summed E-state index contributed by atoms with van der Waals surface area (Å²) in [6.07, 6.45) is 0. The summed E-state index contributed by atoms with van der Waals surface area (Å²) in [7, 11) is 0. The van der Waals surface area contributed by atoms with Crippen LogP contribution in [0.4, 0.5) is 0 Å². The number of fused-ring (bicyclic) bond motifs is 4. The third kappa shape index (κ3) is 5.88. The van der Waals surface area contributed by atoms with Crippen molar-refractivity contribution in [2.45, 2.75) is 180 Å². The van der Waals surface area contributed by atoms with Crippen LogP contribution >= 0.6 is 0 Å². The van der Waals surface area contributed by atoms with Gasteiger partial charge in [-0.1, -0.05) is 0 Å². The van der Waals surface area contributed by atoms with Crippen LogP contribution in [0.5, 0.6) is 0 Å². The summed E-state index contributed by atoms with van der Waals surface area (Å²) < 4.78 is 0. The Morgan fingerprint density at radius 3 is 0.530 bits per heavy atom. The molecular weight excluding hydrogens is 793 g/mol. The lowest BCUT2D eigenvalue weighted by molar-refractivity contribution is 1.21. The van der Waals surface area contributed by atoms with Crippen LogP contribution < -0.4 is 0 Å². The van der Waals surface area contributed by atoms with Crippen molar-refractivity contribution in [2.75, 3.05) is 0 Å². The van der Waals surface area contributed by atoms with E-state index in [0.717, 1.165) is 0 Å². The maximum Gasteiger partial charge on any atom is -0.00115 e. The molecule has 0 aliphatic heterocycles. The van der Waals surface area contributed by atoms with Crippen molar-refractivity contribution in [3.05, 3.63) is 145 Å². The average molecular weight is 871 g/mol. The molecule has 0 saturated carbocycles. The number of hydrogen-bond donors (Lipinski definition) is 0. The molecule has 0 atom stereocenters.